The van der Waals surface area contributed by atoms with Gasteiger partial charge in [-0.3, -0.25) is 9.59 Å². The Bertz CT molecular complexity index is 848. The maximum absolute atomic E-state index is 12.2. The number of nitrogen functional groups attached to an aromatic ring is 1. The van der Waals surface area contributed by atoms with E-state index in [1.165, 1.54) is 7.05 Å². The number of rotatable bonds is 7. The summed E-state index contributed by atoms with van der Waals surface area (Å²) < 4.78 is 10.3. The molecule has 1 heterocycles. The number of ether oxygens (including phenoxy) is 2. The van der Waals surface area contributed by atoms with Crippen LogP contribution in [0.15, 0.2) is 24.3 Å². The molecule has 9 heteroatoms. The lowest BCUT2D eigenvalue weighted by atomic mass is 10.1. The van der Waals surface area contributed by atoms with Crippen molar-refractivity contribution in [2.75, 3.05) is 19.4 Å². The Kier molecular flexibility index (Phi) is 7.20. The molecule has 0 unspecified atom stereocenters. The van der Waals surface area contributed by atoms with E-state index < -0.39 is 17.8 Å². The van der Waals surface area contributed by atoms with E-state index in [4.69, 9.17) is 26.8 Å². The number of thiophene rings is 1. The lowest BCUT2D eigenvalue weighted by molar-refractivity contribution is -0.144. The third kappa shape index (κ3) is 5.21. The van der Waals surface area contributed by atoms with Gasteiger partial charge in [0.15, 0.2) is 0 Å². The molecule has 0 aliphatic rings. The van der Waals surface area contributed by atoms with Gasteiger partial charge in [-0.25, -0.2) is 4.79 Å². The number of anilines is 1. The molecule has 1 aromatic carbocycles. The Morgan fingerprint density at radius 3 is 2.44 bits per heavy atom. The number of amides is 1. The standard InChI is InChI=1S/C18H19ClN2O5S/c1-3-25-18(24)14-12(15(17(23)21-2)27-16(14)20)9-26-13(22)8-10-4-6-11(19)7-5-10/h4-7H,3,8-9,20H2,1-2H3,(H,21,23). The summed E-state index contributed by atoms with van der Waals surface area (Å²) in [4.78, 5) is 36.6. The van der Waals surface area contributed by atoms with Crippen LogP contribution < -0.4 is 11.1 Å². The van der Waals surface area contributed by atoms with Crippen LogP contribution >= 0.6 is 22.9 Å². The van der Waals surface area contributed by atoms with Crippen LogP contribution in [0, 0.1) is 0 Å². The summed E-state index contributed by atoms with van der Waals surface area (Å²) in [6.45, 7) is 1.54. The number of nitrogens with one attached hydrogen (secondary N) is 1. The number of esters is 2. The third-order valence-corrected chi connectivity index (χ3v) is 4.90. The molecule has 27 heavy (non-hydrogen) atoms. The molecule has 0 fully saturated rings. The second-order valence-electron chi connectivity index (χ2n) is 5.41. The number of halogens is 1. The van der Waals surface area contributed by atoms with Gasteiger partial charge in [0.2, 0.25) is 0 Å². The van der Waals surface area contributed by atoms with Crippen molar-refractivity contribution >= 4 is 45.8 Å². The Labute approximate surface area is 165 Å². The van der Waals surface area contributed by atoms with Crippen molar-refractivity contribution in [3.05, 3.63) is 50.9 Å². The quantitative estimate of drug-likeness (QED) is 0.679. The second kappa shape index (κ2) is 9.38. The first-order valence-corrected chi connectivity index (χ1v) is 9.27. The van der Waals surface area contributed by atoms with E-state index in [9.17, 15) is 14.4 Å². The molecule has 1 amide bonds. The molecule has 0 radical (unpaired) electrons. The van der Waals surface area contributed by atoms with Gasteiger partial charge in [0, 0.05) is 17.6 Å². The van der Waals surface area contributed by atoms with Gasteiger partial charge in [-0.05, 0) is 24.6 Å². The molecule has 3 N–H and O–H groups in total. The second-order valence-corrected chi connectivity index (χ2v) is 6.90. The number of carbonyl (C=O) groups excluding carboxylic acids is 3. The fourth-order valence-corrected chi connectivity index (χ4v) is 3.45. The fourth-order valence-electron chi connectivity index (χ4n) is 2.32. The molecule has 0 aliphatic heterocycles. The van der Waals surface area contributed by atoms with Crippen molar-refractivity contribution in [1.29, 1.82) is 0 Å². The van der Waals surface area contributed by atoms with Crippen molar-refractivity contribution < 1.29 is 23.9 Å². The minimum atomic E-state index is -0.662. The van der Waals surface area contributed by atoms with E-state index in [2.05, 4.69) is 5.32 Å². The van der Waals surface area contributed by atoms with E-state index in [0.29, 0.717) is 5.02 Å². The molecule has 0 saturated carbocycles. The minimum Gasteiger partial charge on any atom is -0.462 e. The smallest absolute Gasteiger partial charge is 0.341 e. The van der Waals surface area contributed by atoms with Crippen LogP contribution in [0.4, 0.5) is 5.00 Å². The van der Waals surface area contributed by atoms with Crippen LogP contribution in [0.1, 0.15) is 38.1 Å². The Balaban J connectivity index is 2.19. The van der Waals surface area contributed by atoms with Gasteiger partial charge < -0.3 is 20.5 Å². The maximum atomic E-state index is 12.2. The van der Waals surface area contributed by atoms with E-state index in [1.54, 1.807) is 31.2 Å². The minimum absolute atomic E-state index is 0.0286. The predicted octanol–water partition coefficient (Wildman–Crippen LogP) is 2.81. The topological polar surface area (TPSA) is 108 Å². The van der Waals surface area contributed by atoms with Gasteiger partial charge in [-0.1, -0.05) is 23.7 Å². The SMILES string of the molecule is CCOC(=O)c1c(N)sc(C(=O)NC)c1COC(=O)Cc1ccc(Cl)cc1. The number of nitrogens with two attached hydrogens (primary N) is 1. The van der Waals surface area contributed by atoms with Crippen molar-refractivity contribution in [2.45, 2.75) is 20.0 Å². The lowest BCUT2D eigenvalue weighted by Crippen LogP contribution is -2.20. The van der Waals surface area contributed by atoms with Gasteiger partial charge in [0.1, 0.15) is 22.0 Å². The highest BCUT2D eigenvalue weighted by atomic mass is 35.5. The van der Waals surface area contributed by atoms with Crippen LogP contribution in [-0.4, -0.2) is 31.5 Å². The van der Waals surface area contributed by atoms with Gasteiger partial charge in [-0.2, -0.15) is 0 Å². The number of carbonyl (C=O) groups is 3. The van der Waals surface area contributed by atoms with Gasteiger partial charge >= 0.3 is 11.9 Å². The van der Waals surface area contributed by atoms with Crippen molar-refractivity contribution in [1.82, 2.24) is 5.32 Å². The largest absolute Gasteiger partial charge is 0.462 e. The van der Waals surface area contributed by atoms with Gasteiger partial charge in [0.05, 0.1) is 13.0 Å². The Morgan fingerprint density at radius 2 is 1.85 bits per heavy atom. The van der Waals surface area contributed by atoms with E-state index >= 15 is 0 Å². The molecule has 144 valence electrons. The highest BCUT2D eigenvalue weighted by Crippen LogP contribution is 2.32. The molecule has 0 atom stereocenters. The summed E-state index contributed by atoms with van der Waals surface area (Å²) in [7, 11) is 1.46. The fraction of sp³-hybridized carbons (Fsp3) is 0.278. The number of hydrogen-bond acceptors (Lipinski definition) is 7. The molecular weight excluding hydrogens is 392 g/mol. The molecule has 0 spiro atoms. The third-order valence-electron chi connectivity index (χ3n) is 3.59. The van der Waals surface area contributed by atoms with Crippen molar-refractivity contribution in [3.63, 3.8) is 0 Å². The summed E-state index contributed by atoms with van der Waals surface area (Å²) in [5.41, 5.74) is 6.91. The summed E-state index contributed by atoms with van der Waals surface area (Å²) in [5.74, 6) is -1.60. The molecule has 0 saturated heterocycles. The first kappa shape index (κ1) is 20.7. The zero-order chi connectivity index (χ0) is 20.0. The van der Waals surface area contributed by atoms with Gasteiger partial charge in [0.25, 0.3) is 5.91 Å². The van der Waals surface area contributed by atoms with Crippen molar-refractivity contribution in [3.8, 4) is 0 Å². The summed E-state index contributed by atoms with van der Waals surface area (Å²) in [6.07, 6.45) is 0.0286. The average molecular weight is 411 g/mol. The summed E-state index contributed by atoms with van der Waals surface area (Å²) in [6, 6.07) is 6.77. The van der Waals surface area contributed by atoms with E-state index in [0.717, 1.165) is 16.9 Å². The van der Waals surface area contributed by atoms with Gasteiger partial charge in [-0.15, -0.1) is 11.3 Å². The average Bonchev–Trinajstić information content (AvgIpc) is 2.97. The Hall–Kier alpha value is -2.58. The predicted molar refractivity (Wildman–Crippen MR) is 103 cm³/mol. The molecule has 2 aromatic rings. The van der Waals surface area contributed by atoms with Crippen LogP contribution in [0.5, 0.6) is 0 Å². The van der Waals surface area contributed by atoms with Crippen LogP contribution in [0.3, 0.4) is 0 Å². The number of hydrogen-bond donors (Lipinski definition) is 2. The first-order chi connectivity index (χ1) is 12.9. The maximum Gasteiger partial charge on any atom is 0.341 e. The molecule has 0 aliphatic carbocycles. The zero-order valence-electron chi connectivity index (χ0n) is 14.8. The van der Waals surface area contributed by atoms with Crippen molar-refractivity contribution in [2.24, 2.45) is 0 Å². The highest BCUT2D eigenvalue weighted by Gasteiger charge is 2.27. The normalized spacial score (nSPS) is 10.3. The zero-order valence-corrected chi connectivity index (χ0v) is 16.4. The Morgan fingerprint density at radius 1 is 1.19 bits per heavy atom. The van der Waals surface area contributed by atoms with Crippen LogP contribution in [0.25, 0.3) is 0 Å². The van der Waals surface area contributed by atoms with Crippen LogP contribution in [-0.2, 0) is 27.3 Å². The summed E-state index contributed by atoms with van der Waals surface area (Å²) in [5, 5.41) is 3.18. The van der Waals surface area contributed by atoms with E-state index in [-0.39, 0.29) is 40.6 Å². The molecular formula is C18H19ClN2O5S. The van der Waals surface area contributed by atoms with E-state index in [1.807, 2.05) is 0 Å². The first-order valence-electron chi connectivity index (χ1n) is 8.07. The molecule has 7 nitrogen and oxygen atoms in total. The molecule has 0 bridgehead atoms. The molecule has 1 aromatic heterocycles. The highest BCUT2D eigenvalue weighted by molar-refractivity contribution is 7.18. The monoisotopic (exact) mass is 410 g/mol. The summed E-state index contributed by atoms with van der Waals surface area (Å²) >= 11 is 6.76. The van der Waals surface area contributed by atoms with Crippen LogP contribution in [0.2, 0.25) is 5.02 Å². The molecule has 2 rings (SSSR count). The number of benzene rings is 1. The lowest BCUT2D eigenvalue weighted by Gasteiger charge is -2.09.